The molecule has 6 heteroatoms. The number of nitrogens with zero attached hydrogens (tertiary/aromatic N) is 2. The Kier molecular flexibility index (Phi) is 6.59. The molecule has 0 amide bonds. The van der Waals surface area contributed by atoms with Gasteiger partial charge in [0.15, 0.2) is 0 Å². The van der Waals surface area contributed by atoms with Gasteiger partial charge in [0.2, 0.25) is 0 Å². The first-order valence-corrected chi connectivity index (χ1v) is 6.87. The van der Waals surface area contributed by atoms with Gasteiger partial charge in [-0.25, -0.2) is 0 Å². The average molecular weight is 286 g/mol. The number of likely N-dealkylation sites (N-methyl/N-ethyl adjacent to an activating group) is 1. The van der Waals surface area contributed by atoms with E-state index in [-0.39, 0.29) is 10.7 Å². The fourth-order valence-electron chi connectivity index (χ4n) is 1.94. The highest BCUT2D eigenvalue weighted by atomic mass is 35.5. The number of anilines is 1. The van der Waals surface area contributed by atoms with Crippen LogP contribution in [0.15, 0.2) is 18.2 Å². The second-order valence-corrected chi connectivity index (χ2v) is 4.66. The van der Waals surface area contributed by atoms with Crippen LogP contribution >= 0.6 is 11.6 Å². The van der Waals surface area contributed by atoms with Crippen molar-refractivity contribution in [2.45, 2.75) is 20.3 Å². The lowest BCUT2D eigenvalue weighted by molar-refractivity contribution is -0.383. The van der Waals surface area contributed by atoms with Crippen molar-refractivity contribution in [3.63, 3.8) is 0 Å². The van der Waals surface area contributed by atoms with Crippen molar-refractivity contribution >= 4 is 23.0 Å². The van der Waals surface area contributed by atoms with E-state index in [4.69, 9.17) is 11.6 Å². The van der Waals surface area contributed by atoms with Crippen LogP contribution in [0.3, 0.4) is 0 Å². The summed E-state index contributed by atoms with van der Waals surface area (Å²) in [5.74, 6) is 0. The van der Waals surface area contributed by atoms with Gasteiger partial charge in [0.25, 0.3) is 0 Å². The summed E-state index contributed by atoms with van der Waals surface area (Å²) in [6.45, 7) is 7.78. The summed E-state index contributed by atoms with van der Waals surface area (Å²) in [7, 11) is 0. The minimum Gasteiger partial charge on any atom is -0.378 e. The molecule has 0 aliphatic rings. The zero-order valence-electron chi connectivity index (χ0n) is 11.4. The molecule has 1 N–H and O–H groups in total. The van der Waals surface area contributed by atoms with Gasteiger partial charge in [0, 0.05) is 13.1 Å². The first-order chi connectivity index (χ1) is 9.10. The minimum atomic E-state index is -0.450. The van der Waals surface area contributed by atoms with Crippen LogP contribution in [0.25, 0.3) is 0 Å². The highest BCUT2D eigenvalue weighted by molar-refractivity contribution is 6.33. The second kappa shape index (κ2) is 7.96. The average Bonchev–Trinajstić information content (AvgIpc) is 2.37. The molecule has 0 spiro atoms. The van der Waals surface area contributed by atoms with Gasteiger partial charge in [0.05, 0.1) is 4.92 Å². The molecule has 0 unspecified atom stereocenters. The van der Waals surface area contributed by atoms with Gasteiger partial charge in [-0.05, 0) is 31.6 Å². The molecule has 0 saturated carbocycles. The SMILES string of the molecule is CCCN(CC)CCNc1cccc(Cl)c1[N+](=O)[O-]. The lowest BCUT2D eigenvalue weighted by Crippen LogP contribution is -2.29. The molecule has 0 aromatic heterocycles. The Labute approximate surface area is 118 Å². The second-order valence-electron chi connectivity index (χ2n) is 4.25. The summed E-state index contributed by atoms with van der Waals surface area (Å²) >= 11 is 5.85. The van der Waals surface area contributed by atoms with Gasteiger partial charge in [0.1, 0.15) is 10.7 Å². The van der Waals surface area contributed by atoms with E-state index < -0.39 is 4.92 Å². The van der Waals surface area contributed by atoms with E-state index in [1.807, 2.05) is 0 Å². The molecule has 1 rings (SSSR count). The van der Waals surface area contributed by atoms with E-state index in [0.29, 0.717) is 12.2 Å². The monoisotopic (exact) mass is 285 g/mol. The number of nitro groups is 1. The Bertz CT molecular complexity index is 426. The van der Waals surface area contributed by atoms with Crippen molar-refractivity contribution in [3.05, 3.63) is 33.3 Å². The number of benzene rings is 1. The van der Waals surface area contributed by atoms with E-state index in [1.54, 1.807) is 12.1 Å². The smallest absolute Gasteiger partial charge is 0.310 e. The van der Waals surface area contributed by atoms with Crippen LogP contribution in [0.4, 0.5) is 11.4 Å². The number of para-hydroxylation sites is 1. The standard InChI is InChI=1S/C13H20ClN3O2/c1-3-9-16(4-2)10-8-15-12-7-5-6-11(14)13(12)17(18)19/h5-7,15H,3-4,8-10H2,1-2H3. The molecule has 19 heavy (non-hydrogen) atoms. The molecule has 0 atom stereocenters. The number of hydrogen-bond acceptors (Lipinski definition) is 4. The fourth-order valence-corrected chi connectivity index (χ4v) is 2.18. The summed E-state index contributed by atoms with van der Waals surface area (Å²) in [6, 6.07) is 4.92. The molecule has 1 aromatic carbocycles. The first kappa shape index (κ1) is 15.7. The third kappa shape index (κ3) is 4.69. The van der Waals surface area contributed by atoms with Crippen molar-refractivity contribution < 1.29 is 4.92 Å². The summed E-state index contributed by atoms with van der Waals surface area (Å²) in [5, 5.41) is 14.2. The molecule has 106 valence electrons. The minimum absolute atomic E-state index is 0.0530. The molecule has 0 heterocycles. The number of rotatable bonds is 8. The van der Waals surface area contributed by atoms with Crippen molar-refractivity contribution in [3.8, 4) is 0 Å². The molecule has 5 nitrogen and oxygen atoms in total. The Hall–Kier alpha value is -1.33. The summed E-state index contributed by atoms with van der Waals surface area (Å²) in [4.78, 5) is 12.8. The topological polar surface area (TPSA) is 58.4 Å². The van der Waals surface area contributed by atoms with Gasteiger partial charge in [-0.2, -0.15) is 0 Å². The maximum Gasteiger partial charge on any atom is 0.310 e. The van der Waals surface area contributed by atoms with Crippen molar-refractivity contribution in [1.29, 1.82) is 0 Å². The Morgan fingerprint density at radius 1 is 1.37 bits per heavy atom. The van der Waals surface area contributed by atoms with Gasteiger partial charge in [-0.1, -0.05) is 31.5 Å². The van der Waals surface area contributed by atoms with Crippen LogP contribution in [0.5, 0.6) is 0 Å². The summed E-state index contributed by atoms with van der Waals surface area (Å²) < 4.78 is 0. The van der Waals surface area contributed by atoms with E-state index in [1.165, 1.54) is 6.07 Å². The number of nitrogens with one attached hydrogen (secondary N) is 1. The van der Waals surface area contributed by atoms with Gasteiger partial charge >= 0.3 is 5.69 Å². The highest BCUT2D eigenvalue weighted by Gasteiger charge is 2.17. The lowest BCUT2D eigenvalue weighted by Gasteiger charge is -2.19. The number of hydrogen-bond donors (Lipinski definition) is 1. The van der Waals surface area contributed by atoms with E-state index in [0.717, 1.165) is 26.1 Å². The predicted molar refractivity (Wildman–Crippen MR) is 79.0 cm³/mol. The number of nitro benzene ring substituents is 1. The first-order valence-electron chi connectivity index (χ1n) is 6.49. The Morgan fingerprint density at radius 2 is 2.11 bits per heavy atom. The van der Waals surface area contributed by atoms with Crippen LogP contribution in [0.2, 0.25) is 5.02 Å². The van der Waals surface area contributed by atoms with Crippen LogP contribution in [-0.2, 0) is 0 Å². The molecular formula is C13H20ClN3O2. The molecule has 0 bridgehead atoms. The molecule has 1 aromatic rings. The molecular weight excluding hydrogens is 266 g/mol. The van der Waals surface area contributed by atoms with E-state index in [9.17, 15) is 10.1 Å². The van der Waals surface area contributed by atoms with Gasteiger partial charge < -0.3 is 10.2 Å². The van der Waals surface area contributed by atoms with Crippen molar-refractivity contribution in [2.24, 2.45) is 0 Å². The summed E-state index contributed by atoms with van der Waals surface area (Å²) in [6.07, 6.45) is 1.10. The van der Waals surface area contributed by atoms with Crippen molar-refractivity contribution in [1.82, 2.24) is 4.90 Å². The maximum atomic E-state index is 11.0. The third-order valence-electron chi connectivity index (χ3n) is 2.90. The van der Waals surface area contributed by atoms with Crippen LogP contribution in [0.1, 0.15) is 20.3 Å². The fraction of sp³-hybridized carbons (Fsp3) is 0.538. The zero-order valence-corrected chi connectivity index (χ0v) is 12.1. The summed E-state index contributed by atoms with van der Waals surface area (Å²) in [5.41, 5.74) is 0.424. The maximum absolute atomic E-state index is 11.0. The number of halogens is 1. The molecule has 0 fully saturated rings. The van der Waals surface area contributed by atoms with Gasteiger partial charge in [-0.15, -0.1) is 0 Å². The Morgan fingerprint density at radius 3 is 2.68 bits per heavy atom. The van der Waals surface area contributed by atoms with Crippen LogP contribution < -0.4 is 5.32 Å². The lowest BCUT2D eigenvalue weighted by atomic mass is 10.2. The zero-order chi connectivity index (χ0) is 14.3. The normalized spacial score (nSPS) is 10.7. The molecule has 0 aliphatic heterocycles. The molecule has 0 saturated heterocycles. The van der Waals surface area contributed by atoms with Crippen molar-refractivity contribution in [2.75, 3.05) is 31.5 Å². The largest absolute Gasteiger partial charge is 0.378 e. The van der Waals surface area contributed by atoms with Crippen LogP contribution in [0, 0.1) is 10.1 Å². The third-order valence-corrected chi connectivity index (χ3v) is 3.20. The van der Waals surface area contributed by atoms with E-state index >= 15 is 0 Å². The molecule has 0 radical (unpaired) electrons. The van der Waals surface area contributed by atoms with E-state index in [2.05, 4.69) is 24.1 Å². The Balaban J connectivity index is 2.63. The van der Waals surface area contributed by atoms with Crippen LogP contribution in [-0.4, -0.2) is 36.0 Å². The molecule has 0 aliphatic carbocycles. The highest BCUT2D eigenvalue weighted by Crippen LogP contribution is 2.31. The predicted octanol–water partition coefficient (Wildman–Crippen LogP) is 3.39. The van der Waals surface area contributed by atoms with Gasteiger partial charge in [-0.3, -0.25) is 10.1 Å². The quantitative estimate of drug-likeness (QED) is 0.587.